The summed E-state index contributed by atoms with van der Waals surface area (Å²) >= 11 is 0. The molecule has 2 N–H and O–H groups in total. The molecule has 0 radical (unpaired) electrons. The highest BCUT2D eigenvalue weighted by molar-refractivity contribution is 6.06. The summed E-state index contributed by atoms with van der Waals surface area (Å²) in [6.45, 7) is 0.535. The molecule has 26 heavy (non-hydrogen) atoms. The Bertz CT molecular complexity index is 959. The third-order valence-electron chi connectivity index (χ3n) is 5.35. The molecular formula is C18H20N6O2. The number of aromatic nitrogens is 5. The topological polar surface area (TPSA) is 99.8 Å². The number of hydrogen-bond acceptors (Lipinski definition) is 5. The van der Waals surface area contributed by atoms with E-state index in [0.717, 1.165) is 35.4 Å². The average molecular weight is 352 g/mol. The van der Waals surface area contributed by atoms with Crippen LogP contribution in [-0.2, 0) is 4.74 Å². The van der Waals surface area contributed by atoms with E-state index in [9.17, 15) is 4.79 Å². The van der Waals surface area contributed by atoms with E-state index < -0.39 is 0 Å². The molecule has 2 aliphatic rings. The zero-order chi connectivity index (χ0) is 17.7. The van der Waals surface area contributed by atoms with E-state index >= 15 is 0 Å². The molecule has 5 rings (SSSR count). The van der Waals surface area contributed by atoms with E-state index in [0.29, 0.717) is 24.4 Å². The lowest BCUT2D eigenvalue weighted by Gasteiger charge is -2.23. The molecule has 1 saturated carbocycles. The van der Waals surface area contributed by atoms with E-state index in [1.165, 1.54) is 0 Å². The van der Waals surface area contributed by atoms with Gasteiger partial charge in [0.2, 0.25) is 0 Å². The van der Waals surface area contributed by atoms with Crippen LogP contribution in [0.2, 0.25) is 0 Å². The maximum Gasteiger partial charge on any atom is 0.255 e. The number of likely N-dealkylation sites (tertiary alicyclic amines) is 1. The van der Waals surface area contributed by atoms with E-state index in [2.05, 4.69) is 25.4 Å². The summed E-state index contributed by atoms with van der Waals surface area (Å²) in [6, 6.07) is 5.46. The van der Waals surface area contributed by atoms with Gasteiger partial charge in [-0.15, -0.1) is 0 Å². The summed E-state index contributed by atoms with van der Waals surface area (Å²) in [5.74, 6) is 2.05. The van der Waals surface area contributed by atoms with E-state index in [4.69, 9.17) is 4.74 Å². The molecule has 0 spiro atoms. The first-order chi connectivity index (χ1) is 12.7. The Morgan fingerprint density at radius 1 is 1.31 bits per heavy atom. The smallest absolute Gasteiger partial charge is 0.255 e. The van der Waals surface area contributed by atoms with Crippen LogP contribution in [0.25, 0.3) is 10.9 Å². The first-order valence-electron chi connectivity index (χ1n) is 8.92. The number of amides is 1. The number of carbonyl (C=O) groups excluding carboxylic acids is 1. The van der Waals surface area contributed by atoms with E-state index in [1.54, 1.807) is 13.3 Å². The fraction of sp³-hybridized carbons (Fsp3) is 0.444. The molecule has 2 aromatic heterocycles. The number of H-pyrrole nitrogens is 2. The van der Waals surface area contributed by atoms with Crippen molar-refractivity contribution >= 4 is 16.8 Å². The number of nitrogens with zero attached hydrogens (tertiary/aromatic N) is 4. The first kappa shape index (κ1) is 15.5. The number of benzene rings is 1. The summed E-state index contributed by atoms with van der Waals surface area (Å²) in [4.78, 5) is 19.8. The van der Waals surface area contributed by atoms with Gasteiger partial charge in [-0.25, -0.2) is 4.98 Å². The van der Waals surface area contributed by atoms with Gasteiger partial charge in [0.1, 0.15) is 5.82 Å². The second kappa shape index (κ2) is 5.91. The summed E-state index contributed by atoms with van der Waals surface area (Å²) in [5, 5.41) is 15.2. The summed E-state index contributed by atoms with van der Waals surface area (Å²) in [7, 11) is 1.68. The lowest BCUT2D eigenvalue weighted by molar-refractivity contribution is 0.0686. The number of fused-ring (bicyclic) bond motifs is 1. The number of aromatic amines is 2. The summed E-state index contributed by atoms with van der Waals surface area (Å²) in [6.07, 6.45) is 4.69. The fourth-order valence-electron chi connectivity index (χ4n) is 3.72. The van der Waals surface area contributed by atoms with Crippen molar-refractivity contribution in [3.05, 3.63) is 41.6 Å². The standard InChI is InChI=1S/C18H20N6O2/c1-26-11-7-15(17-20-16(22-23-17)10-5-6-10)24(9-11)18(25)12-3-2-4-14-13(12)8-19-21-14/h2-4,8,10-11,15H,5-7,9H2,1H3,(H,19,21)(H,20,22,23)/t11-,15+/m1/s1. The van der Waals surface area contributed by atoms with E-state index in [1.807, 2.05) is 23.1 Å². The molecule has 3 heterocycles. The number of ether oxygens (including phenoxy) is 1. The Labute approximate surface area is 149 Å². The van der Waals surface area contributed by atoms with Crippen LogP contribution in [0.5, 0.6) is 0 Å². The molecule has 1 aliphatic carbocycles. The highest BCUT2D eigenvalue weighted by Crippen LogP contribution is 2.39. The summed E-state index contributed by atoms with van der Waals surface area (Å²) < 4.78 is 5.54. The average Bonchev–Trinajstić information content (AvgIpc) is 3.09. The van der Waals surface area contributed by atoms with Crippen molar-refractivity contribution < 1.29 is 9.53 Å². The van der Waals surface area contributed by atoms with Crippen LogP contribution in [0.1, 0.15) is 53.2 Å². The number of hydrogen-bond donors (Lipinski definition) is 2. The van der Waals surface area contributed by atoms with Gasteiger partial charge in [0.05, 0.1) is 29.4 Å². The molecule has 134 valence electrons. The van der Waals surface area contributed by atoms with Crippen molar-refractivity contribution in [2.75, 3.05) is 13.7 Å². The second-order valence-electron chi connectivity index (χ2n) is 7.06. The predicted molar refractivity (Wildman–Crippen MR) is 93.6 cm³/mol. The Balaban J connectivity index is 1.50. The lowest BCUT2D eigenvalue weighted by Crippen LogP contribution is -2.32. The van der Waals surface area contributed by atoms with Crippen LogP contribution in [0.4, 0.5) is 0 Å². The van der Waals surface area contributed by atoms with Crippen LogP contribution in [-0.4, -0.2) is 55.9 Å². The van der Waals surface area contributed by atoms with Crippen LogP contribution in [0, 0.1) is 0 Å². The highest BCUT2D eigenvalue weighted by atomic mass is 16.5. The monoisotopic (exact) mass is 352 g/mol. The normalized spacial score (nSPS) is 23.0. The quantitative estimate of drug-likeness (QED) is 0.749. The number of methoxy groups -OCH3 is 1. The highest BCUT2D eigenvalue weighted by Gasteiger charge is 2.40. The molecule has 8 heteroatoms. The molecule has 2 atom stereocenters. The SMILES string of the molecule is CO[C@@H]1C[C@@H](c2nc(C3CC3)n[nH]2)N(C(=O)c2cccc3[nH]ncc23)C1. The second-order valence-corrected chi connectivity index (χ2v) is 7.06. The van der Waals surface area contributed by atoms with Crippen molar-refractivity contribution in [1.82, 2.24) is 30.3 Å². The zero-order valence-corrected chi connectivity index (χ0v) is 14.5. The van der Waals surface area contributed by atoms with Crippen molar-refractivity contribution in [3.8, 4) is 0 Å². The van der Waals surface area contributed by atoms with Crippen molar-refractivity contribution in [2.45, 2.75) is 37.3 Å². The molecule has 2 fully saturated rings. The maximum absolute atomic E-state index is 13.3. The molecule has 0 unspecified atom stereocenters. The Kier molecular flexibility index (Phi) is 3.53. The van der Waals surface area contributed by atoms with Gasteiger partial charge >= 0.3 is 0 Å². The molecule has 1 aromatic carbocycles. The van der Waals surface area contributed by atoms with Crippen LogP contribution in [0.15, 0.2) is 24.4 Å². The van der Waals surface area contributed by atoms with Gasteiger partial charge in [-0.05, 0) is 25.0 Å². The van der Waals surface area contributed by atoms with Gasteiger partial charge in [0, 0.05) is 31.4 Å². The van der Waals surface area contributed by atoms with Crippen LogP contribution in [0.3, 0.4) is 0 Å². The third-order valence-corrected chi connectivity index (χ3v) is 5.35. The molecule has 3 aromatic rings. The summed E-state index contributed by atoms with van der Waals surface area (Å²) in [5.41, 5.74) is 1.49. The predicted octanol–water partition coefficient (Wildman–Crippen LogP) is 2.16. The third kappa shape index (κ3) is 2.48. The lowest BCUT2D eigenvalue weighted by atomic mass is 10.1. The van der Waals surface area contributed by atoms with Crippen molar-refractivity contribution in [2.24, 2.45) is 0 Å². The fourth-order valence-corrected chi connectivity index (χ4v) is 3.72. The molecular weight excluding hydrogens is 332 g/mol. The van der Waals surface area contributed by atoms with Crippen LogP contribution < -0.4 is 0 Å². The zero-order valence-electron chi connectivity index (χ0n) is 14.5. The molecule has 8 nitrogen and oxygen atoms in total. The molecule has 1 saturated heterocycles. The molecule has 0 bridgehead atoms. The largest absolute Gasteiger partial charge is 0.380 e. The number of rotatable bonds is 4. The first-order valence-corrected chi connectivity index (χ1v) is 8.92. The van der Waals surface area contributed by atoms with Gasteiger partial charge in [-0.1, -0.05) is 6.07 Å². The van der Waals surface area contributed by atoms with Gasteiger partial charge in [-0.3, -0.25) is 15.0 Å². The minimum atomic E-state index is -0.158. The van der Waals surface area contributed by atoms with Crippen LogP contribution >= 0.6 is 0 Å². The Morgan fingerprint density at radius 2 is 2.19 bits per heavy atom. The van der Waals surface area contributed by atoms with Gasteiger partial charge in [0.25, 0.3) is 5.91 Å². The van der Waals surface area contributed by atoms with Crippen molar-refractivity contribution in [3.63, 3.8) is 0 Å². The minimum Gasteiger partial charge on any atom is -0.380 e. The van der Waals surface area contributed by atoms with Gasteiger partial charge < -0.3 is 9.64 Å². The molecule has 1 aliphatic heterocycles. The Hall–Kier alpha value is -2.74. The minimum absolute atomic E-state index is 0.0121. The van der Waals surface area contributed by atoms with E-state index in [-0.39, 0.29) is 18.1 Å². The van der Waals surface area contributed by atoms with Crippen molar-refractivity contribution in [1.29, 1.82) is 0 Å². The maximum atomic E-state index is 13.3. The van der Waals surface area contributed by atoms with Gasteiger partial charge in [-0.2, -0.15) is 10.2 Å². The number of carbonyl (C=O) groups is 1. The van der Waals surface area contributed by atoms with Gasteiger partial charge in [0.15, 0.2) is 5.82 Å². The number of nitrogens with one attached hydrogen (secondary N) is 2. The molecule has 1 amide bonds. The Morgan fingerprint density at radius 3 is 3.00 bits per heavy atom.